The van der Waals surface area contributed by atoms with Crippen molar-refractivity contribution in [2.45, 2.75) is 31.3 Å². The molecule has 11 nitrogen and oxygen atoms in total. The zero-order chi connectivity index (χ0) is 16.1. The fraction of sp³-hybridized carbons (Fsp3) is 0.750. The molecule has 118 valence electrons. The van der Waals surface area contributed by atoms with Crippen molar-refractivity contribution in [2.24, 2.45) is 0 Å². The van der Waals surface area contributed by atoms with E-state index in [-0.39, 0.29) is 0 Å². The summed E-state index contributed by atoms with van der Waals surface area (Å²) in [5.41, 5.74) is 0. The Morgan fingerprint density at radius 3 is 2.05 bits per heavy atom. The summed E-state index contributed by atoms with van der Waals surface area (Å²) < 4.78 is 32.6. The van der Waals surface area contributed by atoms with Crippen LogP contribution in [0, 0.1) is 0 Å². The average molecular weight is 317 g/mol. The second-order valence-corrected chi connectivity index (χ2v) is 4.76. The Bertz CT molecular complexity index is 448. The van der Waals surface area contributed by atoms with Crippen LogP contribution < -0.4 is 5.32 Å². The molecular weight excluding hydrogens is 302 g/mol. The number of carbonyl (C=O) groups excluding carboxylic acids is 2. The Kier molecular flexibility index (Phi) is 6.98. The van der Waals surface area contributed by atoms with Crippen LogP contribution in [0.25, 0.3) is 0 Å². The molecule has 0 aromatic heterocycles. The van der Waals surface area contributed by atoms with Crippen LogP contribution in [0.3, 0.4) is 0 Å². The van der Waals surface area contributed by atoms with Crippen LogP contribution in [0.5, 0.6) is 0 Å². The van der Waals surface area contributed by atoms with Gasteiger partial charge >= 0.3 is 16.4 Å². The molecule has 0 aliphatic heterocycles. The SMILES string of the molecule is CC(=O)N[C@@H](C(=O)OS(=O)(=O)O)[C@@H](O)[C@@H](O)[C@H](O)CO. The van der Waals surface area contributed by atoms with Gasteiger partial charge in [-0.1, -0.05) is 0 Å². The lowest BCUT2D eigenvalue weighted by molar-refractivity contribution is -0.149. The first-order valence-corrected chi connectivity index (χ1v) is 6.49. The molecule has 0 heterocycles. The van der Waals surface area contributed by atoms with E-state index in [1.54, 1.807) is 5.32 Å². The molecule has 0 saturated heterocycles. The minimum Gasteiger partial charge on any atom is -0.394 e. The summed E-state index contributed by atoms with van der Waals surface area (Å²) in [5, 5.41) is 38.4. The molecular formula is C8H15NO10S. The molecule has 0 saturated carbocycles. The zero-order valence-corrected chi connectivity index (χ0v) is 11.0. The van der Waals surface area contributed by atoms with Crippen LogP contribution in [0.1, 0.15) is 6.92 Å². The number of carbonyl (C=O) groups is 2. The first-order chi connectivity index (χ1) is 8.99. The van der Waals surface area contributed by atoms with Gasteiger partial charge in [0, 0.05) is 6.92 Å². The molecule has 1 amide bonds. The van der Waals surface area contributed by atoms with E-state index in [0.717, 1.165) is 6.92 Å². The molecule has 0 bridgehead atoms. The predicted octanol–water partition coefficient (Wildman–Crippen LogP) is -4.09. The lowest BCUT2D eigenvalue weighted by Gasteiger charge is -2.27. The Balaban J connectivity index is 5.14. The number of aliphatic hydroxyl groups is 4. The maximum atomic E-state index is 11.4. The number of hydrogen-bond donors (Lipinski definition) is 6. The first kappa shape index (κ1) is 18.7. The van der Waals surface area contributed by atoms with Gasteiger partial charge < -0.3 is 29.9 Å². The van der Waals surface area contributed by atoms with Crippen molar-refractivity contribution in [3.8, 4) is 0 Å². The van der Waals surface area contributed by atoms with E-state index < -0.39 is 53.2 Å². The maximum absolute atomic E-state index is 11.4. The highest BCUT2D eigenvalue weighted by molar-refractivity contribution is 7.81. The number of hydrogen-bond acceptors (Lipinski definition) is 9. The number of nitrogens with one attached hydrogen (secondary N) is 1. The van der Waals surface area contributed by atoms with Gasteiger partial charge in [-0.2, -0.15) is 8.42 Å². The van der Waals surface area contributed by atoms with Gasteiger partial charge in [0.05, 0.1) is 6.61 Å². The molecule has 0 unspecified atom stereocenters. The number of amides is 1. The molecule has 12 heteroatoms. The van der Waals surface area contributed by atoms with Gasteiger partial charge in [0.2, 0.25) is 5.91 Å². The Morgan fingerprint density at radius 2 is 1.70 bits per heavy atom. The van der Waals surface area contributed by atoms with Crippen molar-refractivity contribution in [2.75, 3.05) is 6.61 Å². The molecule has 0 aliphatic carbocycles. The highest BCUT2D eigenvalue weighted by Gasteiger charge is 2.38. The third-order valence-corrected chi connectivity index (χ3v) is 2.45. The summed E-state index contributed by atoms with van der Waals surface area (Å²) in [6.45, 7) is -0.0618. The smallest absolute Gasteiger partial charge is 0.394 e. The number of aliphatic hydroxyl groups excluding tert-OH is 4. The van der Waals surface area contributed by atoms with Crippen molar-refractivity contribution >= 4 is 22.3 Å². The molecule has 0 aromatic rings. The molecule has 0 aromatic carbocycles. The Morgan fingerprint density at radius 1 is 1.20 bits per heavy atom. The minimum absolute atomic E-state index is 0.896. The van der Waals surface area contributed by atoms with E-state index in [9.17, 15) is 28.2 Å². The Hall–Kier alpha value is -1.31. The van der Waals surface area contributed by atoms with Crippen molar-refractivity contribution in [1.82, 2.24) is 5.32 Å². The number of rotatable bonds is 7. The van der Waals surface area contributed by atoms with E-state index in [1.165, 1.54) is 0 Å². The second kappa shape index (κ2) is 7.47. The lowest BCUT2D eigenvalue weighted by atomic mass is 10.0. The molecule has 20 heavy (non-hydrogen) atoms. The van der Waals surface area contributed by atoms with Gasteiger partial charge in [-0.05, 0) is 0 Å². The van der Waals surface area contributed by atoms with Gasteiger partial charge in [-0.15, -0.1) is 0 Å². The monoisotopic (exact) mass is 317 g/mol. The summed E-state index contributed by atoms with van der Waals surface area (Å²) in [4.78, 5) is 22.2. The summed E-state index contributed by atoms with van der Waals surface area (Å²) in [7, 11) is -5.19. The first-order valence-electron chi connectivity index (χ1n) is 5.12. The van der Waals surface area contributed by atoms with E-state index in [1.807, 2.05) is 0 Å². The normalized spacial score (nSPS) is 17.7. The highest BCUT2D eigenvalue weighted by atomic mass is 32.3. The Labute approximate surface area is 113 Å². The lowest BCUT2D eigenvalue weighted by Crippen LogP contribution is -2.56. The van der Waals surface area contributed by atoms with Crippen molar-refractivity contribution in [3.63, 3.8) is 0 Å². The molecule has 0 rings (SSSR count). The molecule has 0 radical (unpaired) electrons. The van der Waals surface area contributed by atoms with Crippen LogP contribution in [-0.2, 0) is 24.2 Å². The molecule has 6 N–H and O–H groups in total. The van der Waals surface area contributed by atoms with Gasteiger partial charge in [-0.3, -0.25) is 9.35 Å². The van der Waals surface area contributed by atoms with E-state index in [4.69, 9.17) is 14.8 Å². The zero-order valence-electron chi connectivity index (χ0n) is 10.2. The molecule has 0 spiro atoms. The average Bonchev–Trinajstić information content (AvgIpc) is 2.30. The predicted molar refractivity (Wildman–Crippen MR) is 60.4 cm³/mol. The van der Waals surface area contributed by atoms with E-state index >= 15 is 0 Å². The second-order valence-electron chi connectivity index (χ2n) is 3.74. The summed E-state index contributed by atoms with van der Waals surface area (Å²) >= 11 is 0. The molecule has 4 atom stereocenters. The molecule has 0 aliphatic rings. The van der Waals surface area contributed by atoms with Crippen LogP contribution >= 0.6 is 0 Å². The van der Waals surface area contributed by atoms with Gasteiger partial charge in [0.25, 0.3) is 0 Å². The van der Waals surface area contributed by atoms with Crippen LogP contribution in [-0.4, -0.2) is 76.2 Å². The van der Waals surface area contributed by atoms with Crippen LogP contribution in [0.15, 0.2) is 0 Å². The van der Waals surface area contributed by atoms with Crippen molar-refractivity contribution in [3.05, 3.63) is 0 Å². The van der Waals surface area contributed by atoms with Crippen LogP contribution in [0.4, 0.5) is 0 Å². The minimum atomic E-state index is -5.19. The topological polar surface area (TPSA) is 191 Å². The fourth-order valence-corrected chi connectivity index (χ4v) is 1.50. The molecule has 0 fully saturated rings. The summed E-state index contributed by atoms with van der Waals surface area (Å²) in [6.07, 6.45) is -6.15. The van der Waals surface area contributed by atoms with E-state index in [0.29, 0.717) is 0 Å². The summed E-state index contributed by atoms with van der Waals surface area (Å²) in [6, 6.07) is -2.09. The van der Waals surface area contributed by atoms with Gasteiger partial charge in [0.1, 0.15) is 18.3 Å². The van der Waals surface area contributed by atoms with Gasteiger partial charge in [0.15, 0.2) is 6.04 Å². The largest absolute Gasteiger partial charge is 0.449 e. The third-order valence-electron chi connectivity index (χ3n) is 2.07. The standard InChI is InChI=1S/C8H15NO10S/c1-3(11)9-5(8(15)19-20(16,17)18)7(14)6(13)4(12)2-10/h4-7,10,12-14H,2H2,1H3,(H,9,11)(H,16,17,18)/t4-,5-,6+,7-/m1/s1. The maximum Gasteiger partial charge on any atom is 0.449 e. The van der Waals surface area contributed by atoms with Crippen molar-refractivity contribution in [1.29, 1.82) is 0 Å². The van der Waals surface area contributed by atoms with Gasteiger partial charge in [-0.25, -0.2) is 4.79 Å². The highest BCUT2D eigenvalue weighted by Crippen LogP contribution is 2.08. The van der Waals surface area contributed by atoms with Crippen molar-refractivity contribution < 1.29 is 47.2 Å². The third kappa shape index (κ3) is 6.23. The van der Waals surface area contributed by atoms with Crippen LogP contribution in [0.2, 0.25) is 0 Å². The fourth-order valence-electron chi connectivity index (χ4n) is 1.19. The summed E-state index contributed by atoms with van der Waals surface area (Å²) in [5.74, 6) is -2.69. The quantitative estimate of drug-likeness (QED) is 0.252. The van der Waals surface area contributed by atoms with E-state index in [2.05, 4.69) is 4.18 Å².